The van der Waals surface area contributed by atoms with Gasteiger partial charge in [0.05, 0.1) is 6.04 Å². The van der Waals surface area contributed by atoms with Gasteiger partial charge in [-0.25, -0.2) is 0 Å². The first-order valence-corrected chi connectivity index (χ1v) is 4.96. The fourth-order valence-electron chi connectivity index (χ4n) is 1.31. The van der Waals surface area contributed by atoms with Gasteiger partial charge in [0.15, 0.2) is 0 Å². The Labute approximate surface area is 94.5 Å². The maximum atomic E-state index is 6.07. The smallest absolute Gasteiger partial charge is 0.213 e. The Morgan fingerprint density at radius 1 is 1.47 bits per heavy atom. The molecule has 0 aromatic heterocycles. The van der Waals surface area contributed by atoms with Crippen LogP contribution in [0.4, 0.5) is 0 Å². The standard InChI is InChI=1S/C10H15ClN4/c1-7(15(2)10(12)14-13)8-5-3-4-6-9(8)11/h3-7H,13H2,1-2H3,(H2,12,14). The van der Waals surface area contributed by atoms with Gasteiger partial charge >= 0.3 is 0 Å². The number of guanidine groups is 1. The molecule has 0 radical (unpaired) electrons. The molecule has 0 saturated carbocycles. The molecule has 0 saturated heterocycles. The van der Waals surface area contributed by atoms with E-state index in [1.54, 1.807) is 4.90 Å². The minimum absolute atomic E-state index is 0.0333. The lowest BCUT2D eigenvalue weighted by molar-refractivity contribution is 0.397. The number of hydrogen-bond acceptors (Lipinski definition) is 2. The summed E-state index contributed by atoms with van der Waals surface area (Å²) in [6.45, 7) is 1.99. The molecule has 0 bridgehead atoms. The lowest BCUT2D eigenvalue weighted by Crippen LogP contribution is -2.36. The number of rotatable bonds is 2. The molecular weight excluding hydrogens is 212 g/mol. The third-order valence-corrected chi connectivity index (χ3v) is 2.77. The Balaban J connectivity index is 2.95. The minimum Gasteiger partial charge on any atom is -0.368 e. The lowest BCUT2D eigenvalue weighted by Gasteiger charge is -2.26. The summed E-state index contributed by atoms with van der Waals surface area (Å²) in [6, 6.07) is 7.65. The van der Waals surface area contributed by atoms with Crippen LogP contribution < -0.4 is 11.6 Å². The molecule has 1 aromatic carbocycles. The normalized spacial score (nSPS) is 13.7. The van der Waals surface area contributed by atoms with Gasteiger partial charge in [-0.2, -0.15) is 0 Å². The summed E-state index contributed by atoms with van der Waals surface area (Å²) >= 11 is 6.07. The maximum absolute atomic E-state index is 6.07. The zero-order chi connectivity index (χ0) is 11.4. The van der Waals surface area contributed by atoms with Crippen LogP contribution in [0.5, 0.6) is 0 Å². The van der Waals surface area contributed by atoms with E-state index in [1.807, 2.05) is 38.2 Å². The largest absolute Gasteiger partial charge is 0.368 e. The zero-order valence-electron chi connectivity index (χ0n) is 8.81. The number of hydrogen-bond donors (Lipinski definition) is 2. The average Bonchev–Trinajstić information content (AvgIpc) is 2.26. The molecule has 15 heavy (non-hydrogen) atoms. The second-order valence-corrected chi connectivity index (χ2v) is 3.70. The first kappa shape index (κ1) is 11.7. The second kappa shape index (κ2) is 4.89. The third kappa shape index (κ3) is 2.53. The van der Waals surface area contributed by atoms with E-state index in [2.05, 4.69) is 5.10 Å². The van der Waals surface area contributed by atoms with Crippen LogP contribution in [0.3, 0.4) is 0 Å². The fraction of sp³-hybridized carbons (Fsp3) is 0.300. The van der Waals surface area contributed by atoms with Crippen molar-refractivity contribution in [2.24, 2.45) is 16.7 Å². The van der Waals surface area contributed by atoms with E-state index in [0.29, 0.717) is 5.02 Å². The van der Waals surface area contributed by atoms with E-state index in [-0.39, 0.29) is 12.0 Å². The van der Waals surface area contributed by atoms with Crippen LogP contribution >= 0.6 is 11.6 Å². The van der Waals surface area contributed by atoms with Crippen molar-refractivity contribution in [1.82, 2.24) is 4.90 Å². The molecule has 4 nitrogen and oxygen atoms in total. The monoisotopic (exact) mass is 226 g/mol. The molecule has 0 aliphatic rings. The predicted molar refractivity (Wildman–Crippen MR) is 63.4 cm³/mol. The molecule has 0 heterocycles. The van der Waals surface area contributed by atoms with Crippen LogP contribution in [-0.4, -0.2) is 17.9 Å². The second-order valence-electron chi connectivity index (χ2n) is 3.30. The first-order valence-electron chi connectivity index (χ1n) is 4.58. The van der Waals surface area contributed by atoms with Gasteiger partial charge in [0.1, 0.15) is 0 Å². The maximum Gasteiger partial charge on any atom is 0.213 e. The van der Waals surface area contributed by atoms with Gasteiger partial charge < -0.3 is 16.5 Å². The number of hydrazone groups is 1. The highest BCUT2D eigenvalue weighted by Crippen LogP contribution is 2.25. The summed E-state index contributed by atoms with van der Waals surface area (Å²) in [5.74, 6) is 5.40. The van der Waals surface area contributed by atoms with Crippen molar-refractivity contribution in [3.63, 3.8) is 0 Å². The van der Waals surface area contributed by atoms with Crippen molar-refractivity contribution in [2.45, 2.75) is 13.0 Å². The van der Waals surface area contributed by atoms with E-state index in [9.17, 15) is 0 Å². The fourth-order valence-corrected chi connectivity index (χ4v) is 1.61. The van der Waals surface area contributed by atoms with Gasteiger partial charge in [-0.1, -0.05) is 29.8 Å². The molecule has 4 N–H and O–H groups in total. The van der Waals surface area contributed by atoms with E-state index in [4.69, 9.17) is 23.2 Å². The SMILES string of the molecule is CC(c1ccccc1Cl)N(C)C(N)=NN. The van der Waals surface area contributed by atoms with Crippen molar-refractivity contribution >= 4 is 17.6 Å². The molecule has 1 rings (SSSR count). The molecule has 82 valence electrons. The van der Waals surface area contributed by atoms with Crippen molar-refractivity contribution in [3.8, 4) is 0 Å². The molecular formula is C10H15ClN4. The summed E-state index contributed by atoms with van der Waals surface area (Å²) in [4.78, 5) is 1.77. The van der Waals surface area contributed by atoms with Crippen LogP contribution in [-0.2, 0) is 0 Å². The molecule has 0 spiro atoms. The van der Waals surface area contributed by atoms with Crippen LogP contribution in [0.1, 0.15) is 18.5 Å². The van der Waals surface area contributed by atoms with Gasteiger partial charge in [0, 0.05) is 12.1 Å². The zero-order valence-corrected chi connectivity index (χ0v) is 9.57. The quantitative estimate of drug-likeness (QED) is 0.348. The highest BCUT2D eigenvalue weighted by molar-refractivity contribution is 6.31. The average molecular weight is 227 g/mol. The predicted octanol–water partition coefficient (Wildman–Crippen LogP) is 1.52. The van der Waals surface area contributed by atoms with Crippen LogP contribution in [0, 0.1) is 0 Å². The van der Waals surface area contributed by atoms with Crippen LogP contribution in [0.25, 0.3) is 0 Å². The Hall–Kier alpha value is -1.42. The molecule has 1 unspecified atom stereocenters. The first-order chi connectivity index (χ1) is 7.07. The molecule has 5 heteroatoms. The molecule has 0 fully saturated rings. The van der Waals surface area contributed by atoms with Crippen LogP contribution in [0.2, 0.25) is 5.02 Å². The number of benzene rings is 1. The molecule has 1 atom stereocenters. The van der Waals surface area contributed by atoms with E-state index in [1.165, 1.54) is 0 Å². The molecule has 0 aliphatic heterocycles. The lowest BCUT2D eigenvalue weighted by atomic mass is 10.1. The Kier molecular flexibility index (Phi) is 3.80. The van der Waals surface area contributed by atoms with E-state index in [0.717, 1.165) is 5.56 Å². The number of halogens is 1. The molecule has 0 amide bonds. The van der Waals surface area contributed by atoms with Crippen LogP contribution in [0.15, 0.2) is 29.4 Å². The van der Waals surface area contributed by atoms with E-state index < -0.39 is 0 Å². The van der Waals surface area contributed by atoms with Crippen molar-refractivity contribution in [2.75, 3.05) is 7.05 Å². The Bertz CT molecular complexity index is 364. The Morgan fingerprint density at radius 3 is 2.60 bits per heavy atom. The van der Waals surface area contributed by atoms with Gasteiger partial charge in [-0.05, 0) is 18.6 Å². The highest BCUT2D eigenvalue weighted by Gasteiger charge is 2.15. The van der Waals surface area contributed by atoms with Crippen molar-refractivity contribution in [3.05, 3.63) is 34.9 Å². The topological polar surface area (TPSA) is 67.6 Å². The highest BCUT2D eigenvalue weighted by atomic mass is 35.5. The Morgan fingerprint density at radius 2 is 2.07 bits per heavy atom. The summed E-state index contributed by atoms with van der Waals surface area (Å²) in [7, 11) is 1.82. The van der Waals surface area contributed by atoms with Crippen molar-refractivity contribution < 1.29 is 0 Å². The van der Waals surface area contributed by atoms with Gasteiger partial charge in [0.2, 0.25) is 5.96 Å². The van der Waals surface area contributed by atoms with Gasteiger partial charge in [0.25, 0.3) is 0 Å². The number of nitrogens with zero attached hydrogens (tertiary/aromatic N) is 2. The van der Waals surface area contributed by atoms with Gasteiger partial charge in [-0.15, -0.1) is 5.10 Å². The summed E-state index contributed by atoms with van der Waals surface area (Å²) in [6.07, 6.45) is 0. The number of nitrogens with two attached hydrogens (primary N) is 2. The molecule has 1 aromatic rings. The van der Waals surface area contributed by atoms with Crippen molar-refractivity contribution in [1.29, 1.82) is 0 Å². The molecule has 0 aliphatic carbocycles. The van der Waals surface area contributed by atoms with Gasteiger partial charge in [-0.3, -0.25) is 0 Å². The summed E-state index contributed by atoms with van der Waals surface area (Å²) < 4.78 is 0. The summed E-state index contributed by atoms with van der Waals surface area (Å²) in [5, 5.41) is 4.15. The summed E-state index contributed by atoms with van der Waals surface area (Å²) in [5.41, 5.74) is 6.61. The third-order valence-electron chi connectivity index (χ3n) is 2.43. The van der Waals surface area contributed by atoms with E-state index >= 15 is 0 Å². The minimum atomic E-state index is 0.0333.